The van der Waals surface area contributed by atoms with Crippen LogP contribution >= 0.6 is 0 Å². The zero-order chi connectivity index (χ0) is 8.73. The third kappa shape index (κ3) is 2.33. The van der Waals surface area contributed by atoms with Gasteiger partial charge in [0.1, 0.15) is 0 Å². The van der Waals surface area contributed by atoms with Crippen molar-refractivity contribution in [2.45, 2.75) is 22.3 Å². The second-order valence-electron chi connectivity index (χ2n) is 4.23. The van der Waals surface area contributed by atoms with Gasteiger partial charge >= 0.3 is 83.1 Å². The van der Waals surface area contributed by atoms with E-state index in [1.807, 2.05) is 7.76 Å². The minimum absolute atomic E-state index is 0. The quantitative estimate of drug-likeness (QED) is 0.482. The summed E-state index contributed by atoms with van der Waals surface area (Å²) < 4.78 is 6.83. The first-order valence-corrected chi connectivity index (χ1v) is 8.91. The Kier molecular flexibility index (Phi) is 4.85. The van der Waals surface area contributed by atoms with E-state index in [9.17, 15) is 0 Å². The Morgan fingerprint density at radius 2 is 1.27 bits per heavy atom. The van der Waals surface area contributed by atoms with Crippen LogP contribution < -0.4 is 34.0 Å². The Morgan fingerprint density at radius 3 is 1.53 bits per heavy atom. The van der Waals surface area contributed by atoms with Gasteiger partial charge in [-0.2, -0.15) is 0 Å². The van der Waals surface area contributed by atoms with Crippen molar-refractivity contribution in [3.8, 4) is 0 Å². The summed E-state index contributed by atoms with van der Waals surface area (Å²) in [7, 11) is 0. The molecule has 1 heterocycles. The average molecular weight is 366 g/mol. The number of allylic oxidation sites excluding steroid dienone is 8. The fourth-order valence-corrected chi connectivity index (χ4v) is 10.1. The van der Waals surface area contributed by atoms with Crippen LogP contribution in [0.4, 0.5) is 0 Å². The van der Waals surface area contributed by atoms with Gasteiger partial charge in [-0.05, 0) is 0 Å². The Hall–Kier alpha value is 0.634. The predicted molar refractivity (Wildman–Crippen MR) is 53.3 cm³/mol. The number of rotatable bonds is 2. The van der Waals surface area contributed by atoms with E-state index in [1.54, 1.807) is 9.45 Å². The molecule has 0 nitrogen and oxygen atoms in total. The molecule has 0 atom stereocenters. The molecule has 3 rings (SSSR count). The molecular formula is C12H14Br2Ti. The van der Waals surface area contributed by atoms with Crippen molar-refractivity contribution in [3.05, 3.63) is 44.2 Å². The van der Waals surface area contributed by atoms with Gasteiger partial charge in [-0.25, -0.2) is 0 Å². The van der Waals surface area contributed by atoms with E-state index < -0.39 is 16.6 Å². The predicted octanol–water partition coefficient (Wildman–Crippen LogP) is -2.31. The van der Waals surface area contributed by atoms with E-state index in [-0.39, 0.29) is 34.0 Å². The first kappa shape index (κ1) is 13.7. The van der Waals surface area contributed by atoms with Gasteiger partial charge in [0.2, 0.25) is 0 Å². The summed E-state index contributed by atoms with van der Waals surface area (Å²) in [6.45, 7) is 0. The van der Waals surface area contributed by atoms with Crippen molar-refractivity contribution in [3.63, 3.8) is 0 Å². The molecule has 2 aliphatic carbocycles. The Morgan fingerprint density at radius 1 is 0.800 bits per heavy atom. The van der Waals surface area contributed by atoms with Crippen LogP contribution in [0.3, 0.4) is 0 Å². The van der Waals surface area contributed by atoms with Gasteiger partial charge in [-0.3, -0.25) is 0 Å². The average Bonchev–Trinajstić information content (AvgIpc) is 2.68. The van der Waals surface area contributed by atoms with Crippen LogP contribution in [0.1, 0.15) is 12.8 Å². The molecule has 0 bridgehead atoms. The molecule has 0 radical (unpaired) electrons. The van der Waals surface area contributed by atoms with Gasteiger partial charge in [0.25, 0.3) is 0 Å². The molecule has 1 saturated heterocycles. The zero-order valence-electron chi connectivity index (χ0n) is 8.55. The van der Waals surface area contributed by atoms with Crippen molar-refractivity contribution >= 4 is 0 Å². The molecule has 0 aromatic carbocycles. The van der Waals surface area contributed by atoms with Crippen LogP contribution in [0.5, 0.6) is 0 Å². The molecule has 0 spiro atoms. The van der Waals surface area contributed by atoms with Gasteiger partial charge in [-0.15, -0.1) is 0 Å². The van der Waals surface area contributed by atoms with Crippen LogP contribution in [0, 0.1) is 0 Å². The molecule has 15 heavy (non-hydrogen) atoms. The molecule has 0 N–H and O–H groups in total. The fourth-order valence-electron chi connectivity index (χ4n) is 2.58. The second kappa shape index (κ2) is 5.31. The molecule has 0 aromatic rings. The van der Waals surface area contributed by atoms with Gasteiger partial charge in [0, 0.05) is 0 Å². The van der Waals surface area contributed by atoms with Crippen molar-refractivity contribution in [1.82, 2.24) is 0 Å². The summed E-state index contributed by atoms with van der Waals surface area (Å²) in [5, 5.41) is 0. The first-order valence-electron chi connectivity index (χ1n) is 5.14. The third-order valence-corrected chi connectivity index (χ3v) is 10.9. The number of hydrogen-bond acceptors (Lipinski definition) is 0. The van der Waals surface area contributed by atoms with E-state index in [4.69, 9.17) is 0 Å². The van der Waals surface area contributed by atoms with E-state index in [2.05, 4.69) is 36.5 Å². The summed E-state index contributed by atoms with van der Waals surface area (Å²) in [6.07, 6.45) is 16.5. The standard InChI is InChI=1S/2C5H5.C2H4.2BrH.Ti/c2*1-2-4-5-3-1;1-2;;;/h2*1-3H,4H2;1-2H2;2*1H;/q;;;;;+2/p-2. The maximum absolute atomic E-state index is 2.41. The summed E-state index contributed by atoms with van der Waals surface area (Å²) in [5.41, 5.74) is 0. The van der Waals surface area contributed by atoms with Crippen molar-refractivity contribution in [1.29, 1.82) is 0 Å². The second-order valence-corrected chi connectivity index (χ2v) is 11.2. The molecule has 0 saturated carbocycles. The molecule has 1 fully saturated rings. The van der Waals surface area contributed by atoms with Crippen molar-refractivity contribution in [2.75, 3.05) is 0 Å². The molecule has 0 amide bonds. The van der Waals surface area contributed by atoms with Crippen LogP contribution in [0.25, 0.3) is 0 Å². The Bertz CT molecular complexity index is 328. The topological polar surface area (TPSA) is 0 Å². The molecular weight excluding hydrogens is 352 g/mol. The summed E-state index contributed by atoms with van der Waals surface area (Å²) in [5.74, 6) is 0. The van der Waals surface area contributed by atoms with E-state index in [1.165, 1.54) is 12.8 Å². The molecule has 3 heteroatoms. The Labute approximate surface area is 116 Å². The van der Waals surface area contributed by atoms with Crippen molar-refractivity contribution in [2.24, 2.45) is 0 Å². The fraction of sp³-hybridized carbons (Fsp3) is 0.333. The SMILES string of the molecule is C1=CC[C]([Ti+2]2([C]3=CC=CC3)[CH2][CH2]2)=C1.[Br-].[Br-]. The van der Waals surface area contributed by atoms with Gasteiger partial charge in [0.05, 0.1) is 0 Å². The number of hydrogen-bond donors (Lipinski definition) is 0. The van der Waals surface area contributed by atoms with Crippen LogP contribution in [0.15, 0.2) is 44.2 Å². The van der Waals surface area contributed by atoms with Crippen LogP contribution in [-0.4, -0.2) is 0 Å². The minimum Gasteiger partial charge on any atom is -1.00 e. The van der Waals surface area contributed by atoms with Crippen LogP contribution in [-0.2, 0) is 16.6 Å². The van der Waals surface area contributed by atoms with Crippen LogP contribution in [0.2, 0.25) is 9.45 Å². The minimum atomic E-state index is -1.51. The summed E-state index contributed by atoms with van der Waals surface area (Å²) >= 11 is -1.51. The molecule has 0 aromatic heterocycles. The molecule has 80 valence electrons. The molecule has 1 aliphatic heterocycles. The van der Waals surface area contributed by atoms with Gasteiger partial charge < -0.3 is 34.0 Å². The Balaban J connectivity index is 0.000000562. The van der Waals surface area contributed by atoms with E-state index in [0.717, 1.165) is 0 Å². The van der Waals surface area contributed by atoms with E-state index >= 15 is 0 Å². The maximum Gasteiger partial charge on any atom is -1.00 e. The monoisotopic (exact) mass is 364 g/mol. The normalized spacial score (nSPS) is 21.9. The maximum atomic E-state index is 2.41. The zero-order valence-corrected chi connectivity index (χ0v) is 13.3. The number of halogens is 2. The largest absolute Gasteiger partial charge is 1.00 e. The van der Waals surface area contributed by atoms with Gasteiger partial charge in [0.15, 0.2) is 0 Å². The molecule has 3 aliphatic rings. The van der Waals surface area contributed by atoms with Crippen molar-refractivity contribution < 1.29 is 50.6 Å². The summed E-state index contributed by atoms with van der Waals surface area (Å²) in [6, 6.07) is 0. The third-order valence-electron chi connectivity index (χ3n) is 3.52. The summed E-state index contributed by atoms with van der Waals surface area (Å²) in [4.78, 5) is 0. The first-order chi connectivity index (χ1) is 6.42. The van der Waals surface area contributed by atoms with Gasteiger partial charge in [-0.1, -0.05) is 0 Å². The smallest absolute Gasteiger partial charge is 1.00 e. The van der Waals surface area contributed by atoms with E-state index in [0.29, 0.717) is 0 Å². The molecule has 0 unspecified atom stereocenters.